The second kappa shape index (κ2) is 5.85. The van der Waals surface area contributed by atoms with Crippen LogP contribution in [-0.2, 0) is 0 Å². The third-order valence-corrected chi connectivity index (χ3v) is 3.42. The largest absolute Gasteiger partial charge is 0.373 e. The fourth-order valence-electron chi connectivity index (χ4n) is 2.03. The lowest BCUT2D eigenvalue weighted by molar-refractivity contribution is 0.0932. The van der Waals surface area contributed by atoms with Crippen molar-refractivity contribution in [2.45, 2.75) is 38.6 Å². The van der Waals surface area contributed by atoms with Gasteiger partial charge in [-0.2, -0.15) is 0 Å². The van der Waals surface area contributed by atoms with E-state index >= 15 is 0 Å². The van der Waals surface area contributed by atoms with Crippen LogP contribution in [0.2, 0.25) is 0 Å². The van der Waals surface area contributed by atoms with E-state index in [4.69, 9.17) is 0 Å². The molecule has 0 saturated heterocycles. The summed E-state index contributed by atoms with van der Waals surface area (Å²) in [6.07, 6.45) is 6.37. The van der Waals surface area contributed by atoms with Crippen LogP contribution in [0.1, 0.15) is 43.0 Å². The van der Waals surface area contributed by atoms with Crippen molar-refractivity contribution in [3.63, 3.8) is 0 Å². The maximum Gasteiger partial charge on any atom is 0.253 e. The first-order valence-corrected chi connectivity index (χ1v) is 6.67. The standard InChI is InChI=1S/C14H21N3O/c1-3-12(8-10-4-5-10)17-14(18)11-6-7-13(15-2)16-9-11/h6-7,9-10,12H,3-5,8H2,1-2H3,(H,15,16)(H,17,18). The molecule has 1 heterocycles. The molecule has 4 heteroatoms. The van der Waals surface area contributed by atoms with Crippen molar-refractivity contribution in [2.75, 3.05) is 12.4 Å². The van der Waals surface area contributed by atoms with E-state index in [1.807, 2.05) is 13.1 Å². The van der Waals surface area contributed by atoms with Crippen molar-refractivity contribution in [1.29, 1.82) is 0 Å². The zero-order valence-electron chi connectivity index (χ0n) is 11.1. The van der Waals surface area contributed by atoms with Crippen molar-refractivity contribution >= 4 is 11.7 Å². The van der Waals surface area contributed by atoms with Gasteiger partial charge in [-0.15, -0.1) is 0 Å². The van der Waals surface area contributed by atoms with Gasteiger partial charge in [0.15, 0.2) is 0 Å². The van der Waals surface area contributed by atoms with Crippen LogP contribution in [0.5, 0.6) is 0 Å². The summed E-state index contributed by atoms with van der Waals surface area (Å²) in [7, 11) is 1.81. The molecule has 1 fully saturated rings. The minimum absolute atomic E-state index is 0.0161. The molecule has 0 bridgehead atoms. The van der Waals surface area contributed by atoms with E-state index in [1.54, 1.807) is 12.3 Å². The summed E-state index contributed by atoms with van der Waals surface area (Å²) in [5.74, 6) is 1.59. The highest BCUT2D eigenvalue weighted by molar-refractivity contribution is 5.94. The molecule has 0 spiro atoms. The van der Waals surface area contributed by atoms with Crippen LogP contribution >= 0.6 is 0 Å². The van der Waals surface area contributed by atoms with Crippen molar-refractivity contribution in [3.8, 4) is 0 Å². The first-order chi connectivity index (χ1) is 8.72. The third-order valence-electron chi connectivity index (χ3n) is 3.42. The molecule has 98 valence electrons. The summed E-state index contributed by atoms with van der Waals surface area (Å²) in [6.45, 7) is 2.12. The second-order valence-electron chi connectivity index (χ2n) is 4.94. The zero-order chi connectivity index (χ0) is 13.0. The molecule has 1 aromatic heterocycles. The highest BCUT2D eigenvalue weighted by Crippen LogP contribution is 2.34. The summed E-state index contributed by atoms with van der Waals surface area (Å²) in [6, 6.07) is 3.92. The quantitative estimate of drug-likeness (QED) is 0.811. The van der Waals surface area contributed by atoms with Gasteiger partial charge in [0.1, 0.15) is 5.82 Å². The van der Waals surface area contributed by atoms with Gasteiger partial charge in [-0.05, 0) is 30.9 Å². The predicted octanol–water partition coefficient (Wildman–Crippen LogP) is 2.43. The Labute approximate surface area is 108 Å². The van der Waals surface area contributed by atoms with Gasteiger partial charge in [0.2, 0.25) is 0 Å². The molecule has 0 aromatic carbocycles. The Morgan fingerprint density at radius 1 is 1.50 bits per heavy atom. The summed E-state index contributed by atoms with van der Waals surface area (Å²) >= 11 is 0. The van der Waals surface area contributed by atoms with Crippen LogP contribution in [0.3, 0.4) is 0 Å². The lowest BCUT2D eigenvalue weighted by Crippen LogP contribution is -2.34. The number of carbonyl (C=O) groups excluding carboxylic acids is 1. The fourth-order valence-corrected chi connectivity index (χ4v) is 2.03. The maximum absolute atomic E-state index is 12.0. The average Bonchev–Trinajstić information content (AvgIpc) is 3.22. The molecule has 0 radical (unpaired) electrons. The monoisotopic (exact) mass is 247 g/mol. The van der Waals surface area contributed by atoms with Crippen molar-refractivity contribution in [1.82, 2.24) is 10.3 Å². The fraction of sp³-hybridized carbons (Fsp3) is 0.571. The second-order valence-corrected chi connectivity index (χ2v) is 4.94. The predicted molar refractivity (Wildman–Crippen MR) is 72.7 cm³/mol. The number of anilines is 1. The van der Waals surface area contributed by atoms with Gasteiger partial charge in [-0.3, -0.25) is 4.79 Å². The Balaban J connectivity index is 1.91. The van der Waals surface area contributed by atoms with Gasteiger partial charge in [0.25, 0.3) is 5.91 Å². The molecule has 1 amide bonds. The molecule has 1 aromatic rings. The molecule has 1 aliphatic rings. The van der Waals surface area contributed by atoms with Crippen LogP contribution in [0.15, 0.2) is 18.3 Å². The highest BCUT2D eigenvalue weighted by Gasteiger charge is 2.25. The molecule has 4 nitrogen and oxygen atoms in total. The van der Waals surface area contributed by atoms with Gasteiger partial charge < -0.3 is 10.6 Å². The summed E-state index contributed by atoms with van der Waals surface area (Å²) < 4.78 is 0. The SMILES string of the molecule is CCC(CC1CC1)NC(=O)c1ccc(NC)nc1. The van der Waals surface area contributed by atoms with Gasteiger partial charge in [0, 0.05) is 19.3 Å². The Bertz CT molecular complexity index is 398. The van der Waals surface area contributed by atoms with Gasteiger partial charge >= 0.3 is 0 Å². The van der Waals surface area contributed by atoms with Crippen LogP contribution < -0.4 is 10.6 Å². The van der Waals surface area contributed by atoms with E-state index in [0.29, 0.717) is 11.6 Å². The first kappa shape index (κ1) is 12.9. The molecule has 2 rings (SSSR count). The lowest BCUT2D eigenvalue weighted by atomic mass is 10.1. The maximum atomic E-state index is 12.0. The Hall–Kier alpha value is -1.58. The van der Waals surface area contributed by atoms with E-state index in [2.05, 4.69) is 22.5 Å². The number of hydrogen-bond acceptors (Lipinski definition) is 3. The number of carbonyl (C=O) groups is 1. The van der Waals surface area contributed by atoms with E-state index in [-0.39, 0.29) is 5.91 Å². The normalized spacial score (nSPS) is 16.1. The van der Waals surface area contributed by atoms with Crippen molar-refractivity contribution < 1.29 is 4.79 Å². The summed E-state index contributed by atoms with van der Waals surface area (Å²) in [5, 5.41) is 6.03. The van der Waals surface area contributed by atoms with Gasteiger partial charge in [-0.25, -0.2) is 4.98 Å². The van der Waals surface area contributed by atoms with Gasteiger partial charge in [0.05, 0.1) is 5.56 Å². The molecule has 1 aliphatic carbocycles. The summed E-state index contributed by atoms with van der Waals surface area (Å²) in [5.41, 5.74) is 0.628. The molecule has 18 heavy (non-hydrogen) atoms. The Kier molecular flexibility index (Phi) is 4.18. The minimum atomic E-state index is -0.0161. The average molecular weight is 247 g/mol. The van der Waals surface area contributed by atoms with Crippen LogP contribution in [0, 0.1) is 5.92 Å². The summed E-state index contributed by atoms with van der Waals surface area (Å²) in [4.78, 5) is 16.2. The Morgan fingerprint density at radius 2 is 2.28 bits per heavy atom. The van der Waals surface area contributed by atoms with Crippen molar-refractivity contribution in [3.05, 3.63) is 23.9 Å². The number of nitrogens with one attached hydrogen (secondary N) is 2. The number of nitrogens with zero attached hydrogens (tertiary/aromatic N) is 1. The highest BCUT2D eigenvalue weighted by atomic mass is 16.1. The number of rotatable bonds is 6. The van der Waals surface area contributed by atoms with Crippen LogP contribution in [-0.4, -0.2) is 24.0 Å². The van der Waals surface area contributed by atoms with Gasteiger partial charge in [-0.1, -0.05) is 19.8 Å². The Morgan fingerprint density at radius 3 is 2.78 bits per heavy atom. The molecular weight excluding hydrogens is 226 g/mol. The number of aromatic nitrogens is 1. The van der Waals surface area contributed by atoms with E-state index in [1.165, 1.54) is 12.8 Å². The number of amides is 1. The van der Waals surface area contributed by atoms with Crippen LogP contribution in [0.25, 0.3) is 0 Å². The van der Waals surface area contributed by atoms with E-state index in [0.717, 1.165) is 24.6 Å². The molecule has 1 unspecified atom stereocenters. The lowest BCUT2D eigenvalue weighted by Gasteiger charge is -2.16. The topological polar surface area (TPSA) is 54.0 Å². The third kappa shape index (κ3) is 3.45. The molecule has 1 atom stereocenters. The zero-order valence-corrected chi connectivity index (χ0v) is 11.1. The minimum Gasteiger partial charge on any atom is -0.373 e. The molecule has 0 aliphatic heterocycles. The molecule has 1 saturated carbocycles. The van der Waals surface area contributed by atoms with E-state index < -0.39 is 0 Å². The number of hydrogen-bond donors (Lipinski definition) is 2. The van der Waals surface area contributed by atoms with Crippen molar-refractivity contribution in [2.24, 2.45) is 5.92 Å². The smallest absolute Gasteiger partial charge is 0.253 e. The molecular formula is C14H21N3O. The van der Waals surface area contributed by atoms with E-state index in [9.17, 15) is 4.79 Å². The molecule has 2 N–H and O–H groups in total. The van der Waals surface area contributed by atoms with Crippen LogP contribution in [0.4, 0.5) is 5.82 Å². The number of pyridine rings is 1. The first-order valence-electron chi connectivity index (χ1n) is 6.67.